The zero-order chi connectivity index (χ0) is 13.3. The molecular formula is C9H9FN4O2S2. The third-order valence-corrected chi connectivity index (χ3v) is 4.19. The minimum Gasteiger partial charge on any atom is -0.399 e. The van der Waals surface area contributed by atoms with Gasteiger partial charge in [-0.2, -0.15) is 0 Å². The van der Waals surface area contributed by atoms with Crippen LogP contribution in [-0.4, -0.2) is 18.6 Å². The molecule has 0 spiro atoms. The van der Waals surface area contributed by atoms with Crippen LogP contribution >= 0.6 is 11.3 Å². The van der Waals surface area contributed by atoms with E-state index in [2.05, 4.69) is 14.9 Å². The van der Waals surface area contributed by atoms with Gasteiger partial charge in [-0.15, -0.1) is 10.2 Å². The molecule has 6 nitrogen and oxygen atoms in total. The highest BCUT2D eigenvalue weighted by Gasteiger charge is 2.22. The number of hydrogen-bond acceptors (Lipinski definition) is 6. The lowest BCUT2D eigenvalue weighted by molar-refractivity contribution is 0.565. The van der Waals surface area contributed by atoms with Crippen LogP contribution in [0.15, 0.2) is 22.5 Å². The molecule has 9 heteroatoms. The highest BCUT2D eigenvalue weighted by atomic mass is 32.2. The minimum atomic E-state index is -4.06. The third-order valence-electron chi connectivity index (χ3n) is 2.11. The van der Waals surface area contributed by atoms with Crippen LogP contribution in [0.4, 0.5) is 15.2 Å². The van der Waals surface area contributed by atoms with E-state index in [0.717, 1.165) is 17.4 Å². The van der Waals surface area contributed by atoms with Crippen molar-refractivity contribution in [3.05, 3.63) is 29.0 Å². The highest BCUT2D eigenvalue weighted by molar-refractivity contribution is 7.93. The Bertz CT molecular complexity index is 670. The van der Waals surface area contributed by atoms with Crippen molar-refractivity contribution in [3.8, 4) is 0 Å². The normalized spacial score (nSPS) is 11.4. The van der Waals surface area contributed by atoms with E-state index in [1.165, 1.54) is 18.5 Å². The summed E-state index contributed by atoms with van der Waals surface area (Å²) in [4.78, 5) is -0.504. The lowest BCUT2D eigenvalue weighted by atomic mass is 10.2. The maximum atomic E-state index is 13.8. The predicted molar refractivity (Wildman–Crippen MR) is 66.3 cm³/mol. The van der Waals surface area contributed by atoms with Gasteiger partial charge in [0.15, 0.2) is 0 Å². The molecule has 18 heavy (non-hydrogen) atoms. The molecule has 0 bridgehead atoms. The maximum Gasteiger partial charge on any atom is 0.266 e. The molecule has 2 aromatic rings. The summed E-state index contributed by atoms with van der Waals surface area (Å²) in [7, 11) is -4.06. The molecule has 0 atom stereocenters. The molecule has 2 rings (SSSR count). The van der Waals surface area contributed by atoms with E-state index in [4.69, 9.17) is 5.73 Å². The third kappa shape index (κ3) is 2.41. The van der Waals surface area contributed by atoms with Gasteiger partial charge in [-0.25, -0.2) is 12.8 Å². The molecule has 0 fully saturated rings. The molecule has 0 saturated heterocycles. The highest BCUT2D eigenvalue weighted by Crippen LogP contribution is 2.24. The lowest BCUT2D eigenvalue weighted by Gasteiger charge is -2.08. The zero-order valence-electron chi connectivity index (χ0n) is 9.21. The second-order valence-corrected chi connectivity index (χ2v) is 5.98. The van der Waals surface area contributed by atoms with Crippen molar-refractivity contribution >= 4 is 32.2 Å². The topological polar surface area (TPSA) is 98.0 Å². The van der Waals surface area contributed by atoms with Gasteiger partial charge in [-0.05, 0) is 24.6 Å². The maximum absolute atomic E-state index is 13.8. The Morgan fingerprint density at radius 2 is 2.17 bits per heavy atom. The summed E-state index contributed by atoms with van der Waals surface area (Å²) in [6, 6.07) is 2.42. The van der Waals surface area contributed by atoms with E-state index in [1.807, 2.05) is 0 Å². The van der Waals surface area contributed by atoms with Crippen molar-refractivity contribution in [2.45, 2.75) is 11.8 Å². The summed E-state index contributed by atoms with van der Waals surface area (Å²) in [6.45, 7) is 1.44. The van der Waals surface area contributed by atoms with E-state index < -0.39 is 20.7 Å². The minimum absolute atomic E-state index is 0.0643. The van der Waals surface area contributed by atoms with Crippen LogP contribution < -0.4 is 10.5 Å². The number of aryl methyl sites for hydroxylation is 1. The van der Waals surface area contributed by atoms with Crippen molar-refractivity contribution in [1.29, 1.82) is 0 Å². The first-order valence-electron chi connectivity index (χ1n) is 4.75. The first-order chi connectivity index (χ1) is 8.40. The summed E-state index contributed by atoms with van der Waals surface area (Å²) < 4.78 is 39.8. The van der Waals surface area contributed by atoms with Crippen LogP contribution in [-0.2, 0) is 10.0 Å². The SMILES string of the molecule is Cc1cc(N)cc(S(=O)(=O)Nc2nncs2)c1F. The fraction of sp³-hybridized carbons (Fsp3) is 0.111. The number of nitrogens with zero attached hydrogens (tertiary/aromatic N) is 2. The van der Waals surface area contributed by atoms with Crippen LogP contribution in [0.25, 0.3) is 0 Å². The molecule has 0 saturated carbocycles. The van der Waals surface area contributed by atoms with Crippen LogP contribution in [0, 0.1) is 12.7 Å². The number of nitrogens with two attached hydrogens (primary N) is 1. The number of nitrogen functional groups attached to an aromatic ring is 1. The van der Waals surface area contributed by atoms with Crippen LogP contribution in [0.1, 0.15) is 5.56 Å². The number of benzene rings is 1. The summed E-state index contributed by atoms with van der Waals surface area (Å²) in [6.07, 6.45) is 0. The Morgan fingerprint density at radius 3 is 2.78 bits per heavy atom. The number of aromatic nitrogens is 2. The molecule has 1 heterocycles. The van der Waals surface area contributed by atoms with Crippen LogP contribution in [0.5, 0.6) is 0 Å². The number of nitrogens with one attached hydrogen (secondary N) is 1. The molecule has 1 aromatic carbocycles. The van der Waals surface area contributed by atoms with Gasteiger partial charge in [-0.1, -0.05) is 11.3 Å². The van der Waals surface area contributed by atoms with Gasteiger partial charge in [0.1, 0.15) is 16.2 Å². The molecule has 0 aliphatic rings. The van der Waals surface area contributed by atoms with Crippen molar-refractivity contribution < 1.29 is 12.8 Å². The standard InChI is InChI=1S/C9H9FN4O2S2/c1-5-2-6(11)3-7(8(5)10)18(15,16)14-9-13-12-4-17-9/h2-4H,11H2,1H3,(H,13,14). The summed E-state index contributed by atoms with van der Waals surface area (Å²) >= 11 is 0.993. The number of hydrogen-bond donors (Lipinski definition) is 2. The zero-order valence-corrected chi connectivity index (χ0v) is 10.8. The molecule has 0 unspecified atom stereocenters. The molecule has 96 valence electrons. The van der Waals surface area contributed by atoms with Gasteiger partial charge in [0, 0.05) is 5.69 Å². The van der Waals surface area contributed by atoms with Gasteiger partial charge < -0.3 is 5.73 Å². The average molecular weight is 288 g/mol. The Kier molecular flexibility index (Phi) is 3.18. The van der Waals surface area contributed by atoms with Gasteiger partial charge in [-0.3, -0.25) is 4.72 Å². The first-order valence-corrected chi connectivity index (χ1v) is 7.11. The van der Waals surface area contributed by atoms with Gasteiger partial charge in [0.25, 0.3) is 10.0 Å². The number of halogens is 1. The Morgan fingerprint density at radius 1 is 1.44 bits per heavy atom. The first kappa shape index (κ1) is 12.7. The van der Waals surface area contributed by atoms with Gasteiger partial charge >= 0.3 is 0 Å². The lowest BCUT2D eigenvalue weighted by Crippen LogP contribution is -2.15. The predicted octanol–water partition coefficient (Wildman–Crippen LogP) is 1.37. The quantitative estimate of drug-likeness (QED) is 0.831. The molecule has 1 aromatic heterocycles. The Hall–Kier alpha value is -1.74. The number of anilines is 2. The summed E-state index contributed by atoms with van der Waals surface area (Å²) in [5.74, 6) is -0.832. The van der Waals surface area contributed by atoms with Crippen molar-refractivity contribution in [2.75, 3.05) is 10.5 Å². The monoisotopic (exact) mass is 288 g/mol. The van der Waals surface area contributed by atoms with E-state index in [9.17, 15) is 12.8 Å². The van der Waals surface area contributed by atoms with Crippen LogP contribution in [0.3, 0.4) is 0 Å². The van der Waals surface area contributed by atoms with Gasteiger partial charge in [0.05, 0.1) is 0 Å². The summed E-state index contributed by atoms with van der Waals surface area (Å²) in [5, 5.41) is 7.07. The van der Waals surface area contributed by atoms with E-state index in [1.54, 1.807) is 0 Å². The average Bonchev–Trinajstić information content (AvgIpc) is 2.75. The molecule has 0 aliphatic heterocycles. The Balaban J connectivity index is 2.48. The van der Waals surface area contributed by atoms with E-state index in [0.29, 0.717) is 0 Å². The molecular weight excluding hydrogens is 279 g/mol. The van der Waals surface area contributed by atoms with Crippen molar-refractivity contribution in [2.24, 2.45) is 0 Å². The number of rotatable bonds is 3. The second kappa shape index (κ2) is 4.50. The van der Waals surface area contributed by atoms with E-state index in [-0.39, 0.29) is 16.4 Å². The molecule has 0 aliphatic carbocycles. The molecule has 0 radical (unpaired) electrons. The Labute approximate surface area is 107 Å². The summed E-state index contributed by atoms with van der Waals surface area (Å²) in [5.41, 5.74) is 7.21. The van der Waals surface area contributed by atoms with E-state index >= 15 is 0 Å². The molecule has 0 amide bonds. The largest absolute Gasteiger partial charge is 0.399 e. The fourth-order valence-corrected chi connectivity index (χ4v) is 3.23. The number of sulfonamides is 1. The van der Waals surface area contributed by atoms with Crippen LogP contribution in [0.2, 0.25) is 0 Å². The smallest absolute Gasteiger partial charge is 0.266 e. The fourth-order valence-electron chi connectivity index (χ4n) is 1.35. The van der Waals surface area contributed by atoms with Gasteiger partial charge in [0.2, 0.25) is 5.13 Å². The molecule has 3 N–H and O–H groups in total. The second-order valence-electron chi connectivity index (χ2n) is 3.50. The van der Waals surface area contributed by atoms with Crippen molar-refractivity contribution in [3.63, 3.8) is 0 Å². The van der Waals surface area contributed by atoms with Crippen molar-refractivity contribution in [1.82, 2.24) is 10.2 Å².